The number of hydrogen-bond acceptors (Lipinski definition) is 6. The van der Waals surface area contributed by atoms with Crippen molar-refractivity contribution in [3.8, 4) is 11.1 Å². The largest absolute Gasteiger partial charge is 0.446 e. The van der Waals surface area contributed by atoms with Crippen molar-refractivity contribution in [1.82, 2.24) is 4.90 Å². The number of piperidine rings is 1. The number of carbonyl (C=O) groups is 2. The maximum Gasteiger partial charge on any atom is 0.411 e. The van der Waals surface area contributed by atoms with Gasteiger partial charge >= 0.3 is 6.09 Å². The number of hydrogen-bond donors (Lipinski definition) is 3. The second kappa shape index (κ2) is 14.9. The molecular weight excluding hydrogens is 585 g/mol. The fourth-order valence-electron chi connectivity index (χ4n) is 4.97. The van der Waals surface area contributed by atoms with Gasteiger partial charge in [0.1, 0.15) is 11.1 Å². The molecule has 2 amide bonds. The van der Waals surface area contributed by atoms with E-state index in [1.54, 1.807) is 18.2 Å². The van der Waals surface area contributed by atoms with E-state index in [4.69, 9.17) is 4.74 Å². The predicted molar refractivity (Wildman–Crippen MR) is 172 cm³/mol. The minimum atomic E-state index is -2.13. The van der Waals surface area contributed by atoms with Crippen molar-refractivity contribution in [2.45, 2.75) is 31.9 Å². The van der Waals surface area contributed by atoms with Gasteiger partial charge in [0.2, 0.25) is 5.91 Å². The molecule has 1 aromatic heterocycles. The van der Waals surface area contributed by atoms with Crippen LogP contribution in [0.1, 0.15) is 24.8 Å². The minimum absolute atomic E-state index is 0.0840. The van der Waals surface area contributed by atoms with Crippen molar-refractivity contribution < 1.29 is 23.1 Å². The molecule has 224 valence electrons. The molecule has 0 saturated carbocycles. The molecule has 9 nitrogen and oxygen atoms in total. The van der Waals surface area contributed by atoms with Gasteiger partial charge in [-0.15, -0.1) is 11.3 Å². The Bertz CT molecular complexity index is 1510. The summed E-state index contributed by atoms with van der Waals surface area (Å²) in [6.45, 7) is 2.38. The normalized spacial score (nSPS) is 14.5. The number of benzene rings is 3. The molecule has 3 aromatic carbocycles. The zero-order valence-electron chi connectivity index (χ0n) is 23.6. The summed E-state index contributed by atoms with van der Waals surface area (Å²) < 4.78 is 28.5. The van der Waals surface area contributed by atoms with Gasteiger partial charge in [-0.1, -0.05) is 60.7 Å². The van der Waals surface area contributed by atoms with E-state index in [2.05, 4.69) is 15.5 Å². The summed E-state index contributed by atoms with van der Waals surface area (Å²) >= 11 is -0.736. The Morgan fingerprint density at radius 2 is 1.65 bits per heavy atom. The van der Waals surface area contributed by atoms with E-state index in [-0.39, 0.29) is 18.6 Å². The number of anilines is 3. The Balaban J connectivity index is 1.02. The highest BCUT2D eigenvalue weighted by Gasteiger charge is 2.23. The Morgan fingerprint density at radius 1 is 0.930 bits per heavy atom. The Labute approximate surface area is 257 Å². The molecule has 5 rings (SSSR count). The van der Waals surface area contributed by atoms with Crippen molar-refractivity contribution in [2.75, 3.05) is 34.6 Å². The molecule has 1 aliphatic heterocycles. The summed E-state index contributed by atoms with van der Waals surface area (Å²) in [5.74, 6) is -0.0840. The Morgan fingerprint density at radius 3 is 2.35 bits per heavy atom. The third-order valence-corrected chi connectivity index (χ3v) is 8.93. The molecule has 1 unspecified atom stereocenters. The second-order valence-corrected chi connectivity index (χ2v) is 12.0. The van der Waals surface area contributed by atoms with E-state index in [1.165, 1.54) is 15.6 Å². The molecule has 0 spiro atoms. The number of rotatable bonds is 11. The van der Waals surface area contributed by atoms with E-state index in [9.17, 15) is 18.4 Å². The van der Waals surface area contributed by atoms with Crippen LogP contribution in [0.2, 0.25) is 0 Å². The molecule has 1 aliphatic rings. The monoisotopic (exact) mass is 618 g/mol. The van der Waals surface area contributed by atoms with Crippen LogP contribution in [0.25, 0.3) is 11.1 Å². The highest BCUT2D eigenvalue weighted by atomic mass is 32.2. The topological polar surface area (TPSA) is 111 Å². The average Bonchev–Trinajstić information content (AvgIpc) is 3.56. The molecule has 0 aliphatic carbocycles. The van der Waals surface area contributed by atoms with Gasteiger partial charge in [-0.2, -0.15) is 0 Å². The van der Waals surface area contributed by atoms with Gasteiger partial charge < -0.3 is 15.0 Å². The maximum absolute atomic E-state index is 12.7. The lowest BCUT2D eigenvalue weighted by Crippen LogP contribution is -2.39. The Kier molecular flexibility index (Phi) is 10.6. The molecule has 1 atom stereocenters. The van der Waals surface area contributed by atoms with Gasteiger partial charge in [0, 0.05) is 37.3 Å². The molecule has 1 saturated heterocycles. The van der Waals surface area contributed by atoms with Gasteiger partial charge in [-0.05, 0) is 59.7 Å². The second-order valence-electron chi connectivity index (χ2n) is 10.2. The summed E-state index contributed by atoms with van der Waals surface area (Å²) in [6.07, 6.45) is 1.12. The number of nitrogens with zero attached hydrogens (tertiary/aromatic N) is 2. The predicted octanol–water partition coefficient (Wildman–Crippen LogP) is 6.60. The van der Waals surface area contributed by atoms with E-state index < -0.39 is 17.4 Å². The van der Waals surface area contributed by atoms with Crippen LogP contribution >= 0.6 is 11.3 Å². The van der Waals surface area contributed by atoms with Crippen molar-refractivity contribution in [2.24, 2.45) is 0 Å². The van der Waals surface area contributed by atoms with Crippen LogP contribution in [0.4, 0.5) is 21.2 Å². The first-order chi connectivity index (χ1) is 20.9. The molecule has 0 radical (unpaired) electrons. The number of para-hydroxylation sites is 1. The number of amides is 2. The van der Waals surface area contributed by atoms with Crippen molar-refractivity contribution in [3.05, 3.63) is 102 Å². The first-order valence-corrected chi connectivity index (χ1v) is 16.0. The van der Waals surface area contributed by atoms with Crippen LogP contribution in [-0.4, -0.2) is 51.4 Å². The van der Waals surface area contributed by atoms with Gasteiger partial charge in [-0.3, -0.25) is 19.0 Å². The number of thiophene rings is 1. The summed E-state index contributed by atoms with van der Waals surface area (Å²) in [5.41, 5.74) is 4.19. The van der Waals surface area contributed by atoms with Crippen LogP contribution in [0.5, 0.6) is 0 Å². The van der Waals surface area contributed by atoms with Gasteiger partial charge in [0.05, 0.1) is 12.2 Å². The average molecular weight is 619 g/mol. The summed E-state index contributed by atoms with van der Waals surface area (Å²) in [5, 5.41) is 8.39. The van der Waals surface area contributed by atoms with E-state index in [1.807, 2.05) is 78.2 Å². The molecule has 11 heteroatoms. The van der Waals surface area contributed by atoms with Crippen molar-refractivity contribution in [1.29, 1.82) is 0 Å². The van der Waals surface area contributed by atoms with Crippen LogP contribution in [-0.2, 0) is 27.3 Å². The third kappa shape index (κ3) is 8.74. The highest BCUT2D eigenvalue weighted by molar-refractivity contribution is 7.81. The quantitative estimate of drug-likeness (QED) is 0.163. The summed E-state index contributed by atoms with van der Waals surface area (Å²) in [6, 6.07) is 28.5. The first kappa shape index (κ1) is 30.4. The van der Waals surface area contributed by atoms with Crippen molar-refractivity contribution in [3.63, 3.8) is 0 Å². The van der Waals surface area contributed by atoms with E-state index >= 15 is 0 Å². The number of ether oxygens (including phenoxy) is 1. The van der Waals surface area contributed by atoms with Crippen LogP contribution in [0.15, 0.2) is 96.4 Å². The number of carbonyl (C=O) groups excluding carboxylic acids is 2. The number of likely N-dealkylation sites (tertiary alicyclic amines) is 1. The van der Waals surface area contributed by atoms with Gasteiger partial charge in [0.15, 0.2) is 0 Å². The highest BCUT2D eigenvalue weighted by Crippen LogP contribution is 2.28. The third-order valence-electron chi connectivity index (χ3n) is 7.22. The lowest BCUT2D eigenvalue weighted by atomic mass is 10.0. The molecule has 2 heterocycles. The number of nitrogens with one attached hydrogen (secondary N) is 2. The fourth-order valence-corrected chi connectivity index (χ4v) is 6.40. The molecule has 43 heavy (non-hydrogen) atoms. The minimum Gasteiger partial charge on any atom is -0.446 e. The van der Waals surface area contributed by atoms with E-state index in [0.717, 1.165) is 29.8 Å². The standard InChI is InChI=1S/C32H34N4O5S2/c37-30(33-26-14-12-24(13-15-26)23-36(43(39)40)31-11-6-22-42-31)18-21-35-19-16-27(17-20-35)41-32(38)34-29-10-5-4-9-28(29)25-7-2-1-3-8-25/h1-15,22,27H,16-21,23H2,(H,33,37)(H,34,38)(H,39,40). The smallest absolute Gasteiger partial charge is 0.411 e. The first-order valence-electron chi connectivity index (χ1n) is 14.1. The van der Waals surface area contributed by atoms with Crippen LogP contribution < -0.4 is 14.9 Å². The Hall–Kier alpha value is -4.03. The molecule has 3 N–H and O–H groups in total. The summed E-state index contributed by atoms with van der Waals surface area (Å²) in [4.78, 5) is 27.5. The van der Waals surface area contributed by atoms with Crippen LogP contribution in [0.3, 0.4) is 0 Å². The molecule has 4 aromatic rings. The lowest BCUT2D eigenvalue weighted by Gasteiger charge is -2.31. The van der Waals surface area contributed by atoms with Crippen LogP contribution in [0, 0.1) is 0 Å². The molecule has 1 fully saturated rings. The molecular formula is C32H34N4O5S2. The zero-order valence-corrected chi connectivity index (χ0v) is 25.2. The zero-order chi connectivity index (χ0) is 30.0. The lowest BCUT2D eigenvalue weighted by molar-refractivity contribution is -0.116. The fraction of sp³-hybridized carbons (Fsp3) is 0.250. The molecule has 0 bridgehead atoms. The van der Waals surface area contributed by atoms with Gasteiger partial charge in [0.25, 0.3) is 11.3 Å². The van der Waals surface area contributed by atoms with Gasteiger partial charge in [-0.25, -0.2) is 9.00 Å². The van der Waals surface area contributed by atoms with Crippen molar-refractivity contribution >= 4 is 51.0 Å². The maximum atomic E-state index is 12.7. The van der Waals surface area contributed by atoms with E-state index in [0.29, 0.717) is 42.2 Å². The summed E-state index contributed by atoms with van der Waals surface area (Å²) in [7, 11) is 0. The SMILES string of the molecule is O=C(CCN1CCC(OC(=O)Nc2ccccc2-c2ccccc2)CC1)Nc1ccc(CN(c2cccs2)S(=O)O)cc1.